The van der Waals surface area contributed by atoms with Crippen LogP contribution in [0.1, 0.15) is 23.2 Å². The Balaban J connectivity index is 1.36. The molecule has 1 atom stereocenters. The number of hydrogen-bond acceptors (Lipinski definition) is 4. The van der Waals surface area contributed by atoms with Crippen LogP contribution in [0.2, 0.25) is 0 Å². The Morgan fingerprint density at radius 3 is 2.78 bits per heavy atom. The lowest BCUT2D eigenvalue weighted by Crippen LogP contribution is -2.34. The fraction of sp³-hybridized carbons (Fsp3) is 0.368. The van der Waals surface area contributed by atoms with E-state index in [4.69, 9.17) is 0 Å². The minimum atomic E-state index is -0.854. The largest absolute Gasteiger partial charge is 0.371 e. The summed E-state index contributed by atoms with van der Waals surface area (Å²) in [5, 5.41) is 9.18. The number of carbonyl (C=O) groups is 2. The Morgan fingerprint density at radius 1 is 1.19 bits per heavy atom. The smallest absolute Gasteiger partial charge is 0.252 e. The van der Waals surface area contributed by atoms with Crippen molar-refractivity contribution in [2.24, 2.45) is 5.92 Å². The number of nitrogens with zero attached hydrogens (tertiary/aromatic N) is 1. The van der Waals surface area contributed by atoms with Crippen molar-refractivity contribution in [1.82, 2.24) is 10.6 Å². The van der Waals surface area contributed by atoms with Crippen molar-refractivity contribution in [2.45, 2.75) is 12.8 Å². The van der Waals surface area contributed by atoms with Gasteiger partial charge in [-0.05, 0) is 35.9 Å². The van der Waals surface area contributed by atoms with Gasteiger partial charge in [0.1, 0.15) is 0 Å². The minimum Gasteiger partial charge on any atom is -0.371 e. The van der Waals surface area contributed by atoms with Crippen molar-refractivity contribution in [3.63, 3.8) is 0 Å². The minimum absolute atomic E-state index is 0.119. The van der Waals surface area contributed by atoms with Crippen molar-refractivity contribution in [1.29, 1.82) is 0 Å². The molecule has 27 heavy (non-hydrogen) atoms. The van der Waals surface area contributed by atoms with Gasteiger partial charge in [0.25, 0.3) is 5.91 Å². The molecule has 0 radical (unpaired) electrons. The van der Waals surface area contributed by atoms with Crippen LogP contribution in [-0.4, -0.2) is 38.0 Å². The van der Waals surface area contributed by atoms with Gasteiger partial charge in [-0.1, -0.05) is 0 Å². The molecular weight excluding hydrogens is 372 g/mol. The molecule has 2 heterocycles. The number of rotatable bonds is 7. The van der Waals surface area contributed by atoms with Gasteiger partial charge in [0, 0.05) is 55.3 Å². The molecule has 2 aromatic rings. The second-order valence-corrected chi connectivity index (χ2v) is 7.30. The van der Waals surface area contributed by atoms with Crippen LogP contribution in [0.25, 0.3) is 0 Å². The van der Waals surface area contributed by atoms with Gasteiger partial charge in [0.15, 0.2) is 11.6 Å². The molecule has 0 bridgehead atoms. The summed E-state index contributed by atoms with van der Waals surface area (Å²) in [6.45, 7) is 2.23. The normalized spacial score (nSPS) is 16.4. The Bertz CT molecular complexity index is 798. The summed E-state index contributed by atoms with van der Waals surface area (Å²) in [5.74, 6) is -1.75. The van der Waals surface area contributed by atoms with Gasteiger partial charge in [-0.2, -0.15) is 11.3 Å². The Morgan fingerprint density at radius 2 is 2.04 bits per heavy atom. The lowest BCUT2D eigenvalue weighted by molar-refractivity contribution is -0.121. The first kappa shape index (κ1) is 19.3. The molecule has 5 nitrogen and oxygen atoms in total. The molecule has 0 spiro atoms. The predicted molar refractivity (Wildman–Crippen MR) is 101 cm³/mol. The van der Waals surface area contributed by atoms with Gasteiger partial charge >= 0.3 is 0 Å². The van der Waals surface area contributed by atoms with Crippen LogP contribution >= 0.6 is 11.3 Å². The third-order valence-electron chi connectivity index (χ3n) is 4.56. The van der Waals surface area contributed by atoms with Gasteiger partial charge in [-0.25, -0.2) is 8.78 Å². The van der Waals surface area contributed by atoms with E-state index in [-0.39, 0.29) is 30.7 Å². The molecule has 1 aliphatic heterocycles. The molecule has 0 saturated carbocycles. The molecular formula is C19H21F2N3O2S. The highest BCUT2D eigenvalue weighted by Crippen LogP contribution is 2.25. The van der Waals surface area contributed by atoms with Crippen molar-refractivity contribution in [2.75, 3.05) is 31.1 Å². The SMILES string of the molecule is O=C(CCNC(=O)c1ccsc1)NCC1CCN(c2ccc(F)c(F)c2)C1. The summed E-state index contributed by atoms with van der Waals surface area (Å²) in [7, 11) is 0. The summed E-state index contributed by atoms with van der Waals surface area (Å²) in [6.07, 6.45) is 1.09. The lowest BCUT2D eigenvalue weighted by Gasteiger charge is -2.19. The number of halogens is 2. The van der Waals surface area contributed by atoms with E-state index < -0.39 is 11.6 Å². The maximum atomic E-state index is 13.4. The number of nitrogens with one attached hydrogen (secondary N) is 2. The second-order valence-electron chi connectivity index (χ2n) is 6.52. The fourth-order valence-corrected chi connectivity index (χ4v) is 3.68. The summed E-state index contributed by atoms with van der Waals surface area (Å²) in [4.78, 5) is 25.7. The van der Waals surface area contributed by atoms with Crippen LogP contribution in [0.15, 0.2) is 35.0 Å². The zero-order valence-electron chi connectivity index (χ0n) is 14.7. The van der Waals surface area contributed by atoms with E-state index in [0.717, 1.165) is 19.0 Å². The van der Waals surface area contributed by atoms with Crippen molar-refractivity contribution >= 4 is 28.8 Å². The summed E-state index contributed by atoms with van der Waals surface area (Å²) < 4.78 is 26.4. The molecule has 1 unspecified atom stereocenters. The van der Waals surface area contributed by atoms with E-state index in [2.05, 4.69) is 10.6 Å². The summed E-state index contributed by atoms with van der Waals surface area (Å²) in [5.41, 5.74) is 1.25. The molecule has 144 valence electrons. The fourth-order valence-electron chi connectivity index (χ4n) is 3.05. The second kappa shape index (κ2) is 8.94. The Kier molecular flexibility index (Phi) is 6.39. The summed E-state index contributed by atoms with van der Waals surface area (Å²) >= 11 is 1.45. The van der Waals surface area contributed by atoms with Crippen LogP contribution in [0.3, 0.4) is 0 Å². The predicted octanol–water partition coefficient (Wildman–Crippen LogP) is 2.79. The molecule has 1 aromatic carbocycles. The average Bonchev–Trinajstić information content (AvgIpc) is 3.34. The van der Waals surface area contributed by atoms with Crippen LogP contribution in [-0.2, 0) is 4.79 Å². The van der Waals surface area contributed by atoms with E-state index in [1.165, 1.54) is 17.4 Å². The third-order valence-corrected chi connectivity index (χ3v) is 5.25. The first-order chi connectivity index (χ1) is 13.0. The monoisotopic (exact) mass is 393 g/mol. The number of benzene rings is 1. The highest BCUT2D eigenvalue weighted by Gasteiger charge is 2.23. The zero-order chi connectivity index (χ0) is 19.2. The van der Waals surface area contributed by atoms with Crippen LogP contribution in [0, 0.1) is 17.6 Å². The Labute approximate surface area is 160 Å². The first-order valence-corrected chi connectivity index (χ1v) is 9.74. The standard InChI is InChI=1S/C19H21F2N3O2S/c20-16-2-1-15(9-17(16)21)24-7-4-13(11-24)10-23-18(25)3-6-22-19(26)14-5-8-27-12-14/h1-2,5,8-9,12-13H,3-4,6-7,10-11H2,(H,22,26)(H,23,25). The van der Waals surface area contributed by atoms with E-state index in [1.807, 2.05) is 10.3 Å². The zero-order valence-corrected chi connectivity index (χ0v) is 15.5. The van der Waals surface area contributed by atoms with Crippen LogP contribution < -0.4 is 15.5 Å². The van der Waals surface area contributed by atoms with Crippen LogP contribution in [0.5, 0.6) is 0 Å². The van der Waals surface area contributed by atoms with Gasteiger partial charge in [-0.3, -0.25) is 9.59 Å². The first-order valence-electron chi connectivity index (χ1n) is 8.80. The highest BCUT2D eigenvalue weighted by atomic mass is 32.1. The van der Waals surface area contributed by atoms with Gasteiger partial charge in [0.05, 0.1) is 0 Å². The molecule has 1 aliphatic rings. The molecule has 1 aromatic heterocycles. The van der Waals surface area contributed by atoms with Crippen molar-refractivity contribution in [3.8, 4) is 0 Å². The number of anilines is 1. The number of amides is 2. The lowest BCUT2D eigenvalue weighted by atomic mass is 10.1. The van der Waals surface area contributed by atoms with E-state index >= 15 is 0 Å². The number of carbonyl (C=O) groups excluding carboxylic acids is 2. The number of hydrogen-bond donors (Lipinski definition) is 2. The maximum Gasteiger partial charge on any atom is 0.252 e. The molecule has 1 saturated heterocycles. The van der Waals surface area contributed by atoms with E-state index in [1.54, 1.807) is 17.5 Å². The number of thiophene rings is 1. The van der Waals surface area contributed by atoms with E-state index in [9.17, 15) is 18.4 Å². The van der Waals surface area contributed by atoms with Gasteiger partial charge < -0.3 is 15.5 Å². The molecule has 3 rings (SSSR count). The van der Waals surface area contributed by atoms with E-state index in [0.29, 0.717) is 24.3 Å². The molecule has 2 amide bonds. The van der Waals surface area contributed by atoms with Crippen molar-refractivity contribution < 1.29 is 18.4 Å². The maximum absolute atomic E-state index is 13.4. The molecule has 8 heteroatoms. The van der Waals surface area contributed by atoms with Gasteiger partial charge in [-0.15, -0.1) is 0 Å². The quantitative estimate of drug-likeness (QED) is 0.761. The molecule has 0 aliphatic carbocycles. The topological polar surface area (TPSA) is 61.4 Å². The third kappa shape index (κ3) is 5.26. The van der Waals surface area contributed by atoms with Crippen molar-refractivity contribution in [3.05, 3.63) is 52.2 Å². The Hall–Kier alpha value is -2.48. The van der Waals surface area contributed by atoms with Crippen LogP contribution in [0.4, 0.5) is 14.5 Å². The molecule has 2 N–H and O–H groups in total. The summed E-state index contributed by atoms with van der Waals surface area (Å²) in [6, 6.07) is 5.63. The van der Waals surface area contributed by atoms with Gasteiger partial charge in [0.2, 0.25) is 5.91 Å². The highest BCUT2D eigenvalue weighted by molar-refractivity contribution is 7.08. The molecule has 1 fully saturated rings. The average molecular weight is 393 g/mol.